The number of anilines is 6. The number of nitrogens with zero attached hydrogens (tertiary/aromatic N) is 8. The summed E-state index contributed by atoms with van der Waals surface area (Å²) in [6, 6.07) is 24.3. The molecule has 0 saturated heterocycles. The van der Waals surface area contributed by atoms with Crippen LogP contribution in [0.15, 0.2) is 87.5 Å². The summed E-state index contributed by atoms with van der Waals surface area (Å²) in [5, 5.41) is 44.4. The fourth-order valence-corrected chi connectivity index (χ4v) is 8.32. The molecule has 2 aromatic heterocycles. The van der Waals surface area contributed by atoms with Crippen LogP contribution in [-0.4, -0.2) is 142 Å². The largest absolute Gasteiger partial charge is 1.00 e. The predicted molar refractivity (Wildman–Crippen MR) is 240 cm³/mol. The molecule has 0 fully saturated rings. The van der Waals surface area contributed by atoms with Gasteiger partial charge in [0.2, 0.25) is 23.8 Å². The monoisotopic (exact) mass is 1130 g/mol. The molecule has 0 spiro atoms. The number of hydrogen-bond donors (Lipinski definition) is 6. The predicted octanol–water partition coefficient (Wildman–Crippen LogP) is -17.4. The average molecular weight is 1130 g/mol. The summed E-state index contributed by atoms with van der Waals surface area (Å²) in [5.74, 6) is -0.0930. The summed E-state index contributed by atoms with van der Waals surface area (Å²) < 4.78 is 108. The van der Waals surface area contributed by atoms with E-state index in [9.17, 15) is 59.3 Å². The van der Waals surface area contributed by atoms with Gasteiger partial charge in [0.25, 0.3) is 0 Å². The number of benzene rings is 4. The molecule has 6 rings (SSSR count). The standard InChI is InChI=1S/C42H43N10O13S3.6Na/c53-20-16-51(17-21-54)41-47-37(25-29-4-3-6-34(24-29)66(57,58)59)45-39(49-41)43-32-13-9-28(10-14-32)8-11-30-12-15-33(27-36(30)68(63,64)65)44-40-46-38(48-42(50-40)52(18-22-55)19-23-56)26-31-5-1-2-7-35(31)67(60,61)62;;;;;;/h2-3,5-9,11-15,24,27,53-56H,16-23,25-26H2,(H,57,58,59)(H,60,61,62)(H,63,64,65)(H,43,45,47,49)(H,44,46,48,50);;;;;;/q-3;6*+1/p-3/b11-8+;;;;;;. The van der Waals surface area contributed by atoms with Crippen LogP contribution in [0.25, 0.3) is 12.2 Å². The molecule has 6 aromatic rings. The Morgan fingerprint density at radius 1 is 0.541 bits per heavy atom. The topological polar surface area (TPSA) is 360 Å². The summed E-state index contributed by atoms with van der Waals surface area (Å²) in [5.41, 5.74) is 1.20. The van der Waals surface area contributed by atoms with Gasteiger partial charge in [0.1, 0.15) is 42.0 Å². The number of rotatable bonds is 23. The van der Waals surface area contributed by atoms with Gasteiger partial charge in [-0.15, -0.1) is 42.0 Å². The summed E-state index contributed by atoms with van der Waals surface area (Å²) >= 11 is 0. The summed E-state index contributed by atoms with van der Waals surface area (Å²) in [6.07, 6.45) is 2.50. The van der Waals surface area contributed by atoms with Crippen molar-refractivity contribution in [1.82, 2.24) is 29.9 Å². The third kappa shape index (κ3) is 22.2. The molecule has 0 atom stereocenters. The average Bonchev–Trinajstić information content (AvgIpc) is 3.28. The number of aliphatic hydroxyl groups excluding tert-OH is 4. The molecule has 0 amide bonds. The molecule has 74 heavy (non-hydrogen) atoms. The van der Waals surface area contributed by atoms with Gasteiger partial charge in [0.05, 0.1) is 31.3 Å². The van der Waals surface area contributed by atoms with Crippen LogP contribution < -0.4 is 198 Å². The van der Waals surface area contributed by atoms with E-state index in [1.807, 2.05) is 0 Å². The van der Waals surface area contributed by atoms with Crippen LogP contribution in [0, 0.1) is 18.2 Å². The second-order valence-corrected chi connectivity index (χ2v) is 18.4. The minimum Gasteiger partial charge on any atom is -0.746 e. The van der Waals surface area contributed by atoms with E-state index in [2.05, 4.69) is 58.7 Å². The molecule has 23 nitrogen and oxygen atoms in total. The van der Waals surface area contributed by atoms with E-state index in [1.54, 1.807) is 12.1 Å². The quantitative estimate of drug-likeness (QED) is 0.0150. The van der Waals surface area contributed by atoms with Crippen molar-refractivity contribution in [2.24, 2.45) is 0 Å². The van der Waals surface area contributed by atoms with Gasteiger partial charge in [-0.1, -0.05) is 21.9 Å². The Bertz CT molecular complexity index is 3110. The van der Waals surface area contributed by atoms with Gasteiger partial charge in [-0.2, -0.15) is 83.5 Å². The fourth-order valence-electron chi connectivity index (χ4n) is 6.42. The molecule has 32 heteroatoms. The molecule has 0 unspecified atom stereocenters. The summed E-state index contributed by atoms with van der Waals surface area (Å²) in [6.45, 7) is -1.28. The molecule has 2 heterocycles. The maximum atomic E-state index is 12.6. The van der Waals surface area contributed by atoms with E-state index >= 15 is 0 Å². The maximum absolute atomic E-state index is 12.6. The third-order valence-electron chi connectivity index (χ3n) is 9.45. The van der Waals surface area contributed by atoms with Gasteiger partial charge in [-0.05, 0) is 29.8 Å². The van der Waals surface area contributed by atoms with E-state index in [0.717, 1.165) is 24.3 Å². The SMILES string of the molecule is O=S(=O)([O-])c1cc[c-]c(Cc2nc(Nc3c[c-]c(/C=C/c4ccc(Nc5nc(Cc6c[c-]ccc6S(=O)(=O)[O-])nc(N(CCO)CCO)n5)cc4S(=O)(=O)[O-])cc3)nc(N(CCO)CCO)n2)c1.[Na+].[Na+].[Na+].[Na+].[Na+].[Na+]. The minimum atomic E-state index is -5.11. The van der Waals surface area contributed by atoms with Crippen molar-refractivity contribution in [3.8, 4) is 0 Å². The summed E-state index contributed by atoms with van der Waals surface area (Å²) in [4.78, 5) is 27.6. The van der Waals surface area contributed by atoms with Gasteiger partial charge in [-0.3, -0.25) is 0 Å². The Balaban J connectivity index is 0.00000888. The van der Waals surface area contributed by atoms with Crippen LogP contribution >= 0.6 is 0 Å². The molecule has 0 bridgehead atoms. The van der Waals surface area contributed by atoms with Gasteiger partial charge in [0.15, 0.2) is 0 Å². The number of aliphatic hydroxyl groups is 4. The van der Waals surface area contributed by atoms with Crippen molar-refractivity contribution < 1.29 is 237 Å². The Labute approximate surface area is 561 Å². The van der Waals surface area contributed by atoms with Crippen molar-refractivity contribution in [2.75, 3.05) is 73.0 Å². The van der Waals surface area contributed by atoms with Crippen LogP contribution in [0.2, 0.25) is 0 Å². The third-order valence-corrected chi connectivity index (χ3v) is 12.1. The van der Waals surface area contributed by atoms with Crippen molar-refractivity contribution >= 4 is 77.7 Å². The second-order valence-electron chi connectivity index (χ2n) is 14.3. The molecule has 0 aliphatic heterocycles. The van der Waals surface area contributed by atoms with E-state index in [-0.39, 0.29) is 301 Å². The molecule has 0 aliphatic carbocycles. The van der Waals surface area contributed by atoms with Crippen molar-refractivity contribution in [2.45, 2.75) is 27.5 Å². The first-order valence-electron chi connectivity index (χ1n) is 20.0. The first kappa shape index (κ1) is 73.4. The van der Waals surface area contributed by atoms with Crippen LogP contribution in [-0.2, 0) is 43.2 Å². The maximum Gasteiger partial charge on any atom is 1.00 e. The van der Waals surface area contributed by atoms with E-state index in [4.69, 9.17) is 0 Å². The van der Waals surface area contributed by atoms with Crippen molar-refractivity contribution in [3.05, 3.63) is 125 Å². The Morgan fingerprint density at radius 3 is 1.57 bits per heavy atom. The second kappa shape index (κ2) is 34.5. The normalized spacial score (nSPS) is 11.1. The summed E-state index contributed by atoms with van der Waals surface area (Å²) in [7, 11) is -14.8. The Morgan fingerprint density at radius 2 is 1.07 bits per heavy atom. The number of hydrogen-bond acceptors (Lipinski definition) is 23. The van der Waals surface area contributed by atoms with Crippen LogP contribution in [0.1, 0.15) is 33.9 Å². The van der Waals surface area contributed by atoms with Crippen LogP contribution in [0.5, 0.6) is 0 Å². The Kier molecular flexibility index (Phi) is 34.3. The first-order chi connectivity index (χ1) is 32.4. The molecular formula is C42H40N10Na6O13S3. The minimum absolute atomic E-state index is 0. The van der Waals surface area contributed by atoms with E-state index in [0.29, 0.717) is 11.3 Å². The molecule has 4 aromatic carbocycles. The zero-order chi connectivity index (χ0) is 49.1. The smallest absolute Gasteiger partial charge is 0.746 e. The van der Waals surface area contributed by atoms with Crippen molar-refractivity contribution in [3.63, 3.8) is 0 Å². The van der Waals surface area contributed by atoms with Crippen LogP contribution in [0.4, 0.5) is 35.2 Å². The number of aromatic nitrogens is 6. The van der Waals surface area contributed by atoms with E-state index < -0.39 is 45.0 Å². The first-order valence-corrected chi connectivity index (χ1v) is 24.3. The molecule has 360 valence electrons. The van der Waals surface area contributed by atoms with Crippen molar-refractivity contribution in [1.29, 1.82) is 0 Å². The van der Waals surface area contributed by atoms with Gasteiger partial charge < -0.3 is 54.5 Å². The zero-order valence-electron chi connectivity index (χ0n) is 41.4. The molecule has 0 radical (unpaired) electrons. The molecular weight excluding hydrogens is 1090 g/mol. The number of nitrogens with one attached hydrogen (secondary N) is 2. The van der Waals surface area contributed by atoms with Gasteiger partial charge in [0, 0.05) is 38.3 Å². The van der Waals surface area contributed by atoms with Crippen LogP contribution in [0.3, 0.4) is 0 Å². The molecule has 6 N–H and O–H groups in total. The molecule has 0 aliphatic rings. The van der Waals surface area contributed by atoms with E-state index in [1.165, 1.54) is 58.4 Å². The molecule has 0 saturated carbocycles. The fraction of sp³-hybridized carbons (Fsp3) is 0.238. The zero-order valence-corrected chi connectivity index (χ0v) is 55.9. The Hall–Kier alpha value is -0.590. The van der Waals surface area contributed by atoms with Gasteiger partial charge >= 0.3 is 177 Å². The van der Waals surface area contributed by atoms with Gasteiger partial charge in [-0.25, -0.2) is 25.3 Å².